The van der Waals surface area contributed by atoms with E-state index in [-0.39, 0.29) is 5.78 Å². The summed E-state index contributed by atoms with van der Waals surface area (Å²) in [6.45, 7) is 1.87. The number of hydrogen-bond acceptors (Lipinski definition) is 4. The van der Waals surface area contributed by atoms with E-state index in [9.17, 15) is 9.59 Å². The molecule has 0 amide bonds. The highest BCUT2D eigenvalue weighted by molar-refractivity contribution is 7.19. The molecular weight excluding hydrogens is 367 g/mol. The second-order valence-electron chi connectivity index (χ2n) is 5.19. The van der Waals surface area contributed by atoms with E-state index in [1.165, 1.54) is 18.4 Å². The molecule has 0 spiro atoms. The van der Waals surface area contributed by atoms with Crippen molar-refractivity contribution in [1.82, 2.24) is 0 Å². The molecule has 0 fully saturated rings. The van der Waals surface area contributed by atoms with E-state index in [4.69, 9.17) is 27.9 Å². The predicted octanol–water partition coefficient (Wildman–Crippen LogP) is 5.53. The first-order valence-electron chi connectivity index (χ1n) is 7.03. The molecule has 0 saturated carbocycles. The lowest BCUT2D eigenvalue weighted by atomic mass is 9.99. The van der Waals surface area contributed by atoms with Gasteiger partial charge in [-0.2, -0.15) is 0 Å². The van der Waals surface area contributed by atoms with Crippen LogP contribution in [0.15, 0.2) is 36.4 Å². The van der Waals surface area contributed by atoms with Gasteiger partial charge < -0.3 is 4.74 Å². The van der Waals surface area contributed by atoms with Crippen molar-refractivity contribution in [1.29, 1.82) is 0 Å². The van der Waals surface area contributed by atoms with Crippen LogP contribution in [0.5, 0.6) is 0 Å². The monoisotopic (exact) mass is 378 g/mol. The van der Waals surface area contributed by atoms with Gasteiger partial charge >= 0.3 is 5.97 Å². The Hall–Kier alpha value is -1.88. The lowest BCUT2D eigenvalue weighted by Crippen LogP contribution is -2.04. The number of benzene rings is 2. The Labute approximate surface area is 152 Å². The number of ether oxygens (including phenoxy) is 1. The topological polar surface area (TPSA) is 43.4 Å². The van der Waals surface area contributed by atoms with E-state index in [0.717, 1.165) is 9.58 Å². The summed E-state index contributed by atoms with van der Waals surface area (Å²) < 4.78 is 5.67. The highest BCUT2D eigenvalue weighted by Gasteiger charge is 2.21. The Morgan fingerprint density at radius 3 is 2.54 bits per heavy atom. The lowest BCUT2D eigenvalue weighted by Gasteiger charge is -2.06. The highest BCUT2D eigenvalue weighted by atomic mass is 35.5. The number of fused-ring (bicyclic) bond motifs is 1. The van der Waals surface area contributed by atoms with Crippen LogP contribution in [-0.4, -0.2) is 18.9 Å². The molecule has 0 atom stereocenters. The molecule has 0 unspecified atom stereocenters. The van der Waals surface area contributed by atoms with E-state index in [1.54, 1.807) is 30.3 Å². The van der Waals surface area contributed by atoms with E-state index in [1.807, 2.05) is 13.0 Å². The Morgan fingerprint density at radius 2 is 1.83 bits per heavy atom. The summed E-state index contributed by atoms with van der Waals surface area (Å²) in [7, 11) is 1.32. The number of rotatable bonds is 3. The minimum atomic E-state index is -0.444. The predicted molar refractivity (Wildman–Crippen MR) is 97.8 cm³/mol. The highest BCUT2D eigenvalue weighted by Crippen LogP contribution is 2.35. The van der Waals surface area contributed by atoms with Crippen LogP contribution in [-0.2, 0) is 4.74 Å². The average molecular weight is 379 g/mol. The largest absolute Gasteiger partial charge is 0.465 e. The van der Waals surface area contributed by atoms with Crippen LogP contribution in [0.3, 0.4) is 0 Å². The molecule has 24 heavy (non-hydrogen) atoms. The minimum Gasteiger partial charge on any atom is -0.465 e. The van der Waals surface area contributed by atoms with Gasteiger partial charge in [-0.15, -0.1) is 11.3 Å². The molecular formula is C18H12Cl2O3S. The fraction of sp³-hybridized carbons (Fsp3) is 0.111. The van der Waals surface area contributed by atoms with Crippen LogP contribution >= 0.6 is 34.5 Å². The van der Waals surface area contributed by atoms with Crippen molar-refractivity contribution >= 4 is 56.4 Å². The Morgan fingerprint density at radius 1 is 1.08 bits per heavy atom. The van der Waals surface area contributed by atoms with Gasteiger partial charge in [-0.25, -0.2) is 4.79 Å². The Kier molecular flexibility index (Phi) is 4.63. The molecule has 3 nitrogen and oxygen atoms in total. The zero-order chi connectivity index (χ0) is 17.4. The van der Waals surface area contributed by atoms with Crippen LogP contribution < -0.4 is 0 Å². The number of aryl methyl sites for hydroxylation is 1. The van der Waals surface area contributed by atoms with Crippen molar-refractivity contribution in [2.24, 2.45) is 0 Å². The fourth-order valence-electron chi connectivity index (χ4n) is 2.55. The maximum absolute atomic E-state index is 13.0. The first-order valence-corrected chi connectivity index (χ1v) is 8.61. The standard InChI is InChI=1S/C18H12Cl2O3S/c1-9-16(17(21)12-8-11(19)4-5-14(12)20)13-7-10(18(22)23-2)3-6-15(13)24-9/h3-8H,1-2H3. The van der Waals surface area contributed by atoms with Crippen molar-refractivity contribution in [2.45, 2.75) is 6.92 Å². The molecule has 6 heteroatoms. The molecule has 1 aromatic heterocycles. The van der Waals surface area contributed by atoms with Gasteiger partial charge in [0.2, 0.25) is 0 Å². The number of carbonyl (C=O) groups is 2. The summed E-state index contributed by atoms with van der Waals surface area (Å²) in [5, 5.41) is 1.49. The SMILES string of the molecule is COC(=O)c1ccc2sc(C)c(C(=O)c3cc(Cl)ccc3Cl)c2c1. The maximum atomic E-state index is 13.0. The molecule has 0 aliphatic rings. The van der Waals surface area contributed by atoms with Gasteiger partial charge in [0, 0.05) is 31.1 Å². The maximum Gasteiger partial charge on any atom is 0.337 e. The van der Waals surface area contributed by atoms with E-state index in [0.29, 0.717) is 32.1 Å². The molecule has 1 heterocycles. The second kappa shape index (κ2) is 6.55. The van der Waals surface area contributed by atoms with Gasteiger partial charge in [-0.3, -0.25) is 4.79 Å². The third-order valence-electron chi connectivity index (χ3n) is 3.69. The zero-order valence-electron chi connectivity index (χ0n) is 12.9. The number of carbonyl (C=O) groups excluding carboxylic acids is 2. The van der Waals surface area contributed by atoms with Gasteiger partial charge in [-0.1, -0.05) is 23.2 Å². The molecule has 3 aromatic rings. The molecule has 0 radical (unpaired) electrons. The molecule has 2 aromatic carbocycles. The summed E-state index contributed by atoms with van der Waals surface area (Å²) in [6.07, 6.45) is 0. The van der Waals surface area contributed by atoms with Crippen molar-refractivity contribution in [2.75, 3.05) is 7.11 Å². The van der Waals surface area contributed by atoms with Gasteiger partial charge in [0.15, 0.2) is 5.78 Å². The molecule has 0 bridgehead atoms. The summed E-state index contributed by atoms with van der Waals surface area (Å²) in [4.78, 5) is 25.6. The molecule has 0 aliphatic heterocycles. The quantitative estimate of drug-likeness (QED) is 0.444. The molecule has 0 saturated heterocycles. The van der Waals surface area contributed by atoms with E-state index < -0.39 is 5.97 Å². The van der Waals surface area contributed by atoms with Gasteiger partial charge in [0.05, 0.1) is 17.7 Å². The first kappa shape index (κ1) is 17.0. The van der Waals surface area contributed by atoms with Crippen molar-refractivity contribution in [3.05, 3.63) is 68.0 Å². The average Bonchev–Trinajstić information content (AvgIpc) is 2.90. The number of hydrogen-bond donors (Lipinski definition) is 0. The molecule has 0 N–H and O–H groups in total. The number of halogens is 2. The van der Waals surface area contributed by atoms with Crippen LogP contribution in [0.2, 0.25) is 10.0 Å². The van der Waals surface area contributed by atoms with E-state index in [2.05, 4.69) is 0 Å². The Balaban J connectivity index is 2.21. The van der Waals surface area contributed by atoms with Crippen molar-refractivity contribution < 1.29 is 14.3 Å². The summed E-state index contributed by atoms with van der Waals surface area (Å²) in [5.41, 5.74) is 1.27. The van der Waals surface area contributed by atoms with Crippen LogP contribution in [0.1, 0.15) is 31.2 Å². The smallest absolute Gasteiger partial charge is 0.337 e. The number of ketones is 1. The first-order chi connectivity index (χ1) is 11.4. The normalized spacial score (nSPS) is 10.8. The second-order valence-corrected chi connectivity index (χ2v) is 7.29. The molecule has 0 aliphatic carbocycles. The minimum absolute atomic E-state index is 0.215. The summed E-state index contributed by atoms with van der Waals surface area (Å²) in [5.74, 6) is -0.659. The third kappa shape index (κ3) is 2.93. The zero-order valence-corrected chi connectivity index (χ0v) is 15.2. The number of methoxy groups -OCH3 is 1. The third-order valence-corrected chi connectivity index (χ3v) is 5.34. The van der Waals surface area contributed by atoms with Crippen molar-refractivity contribution in [3.63, 3.8) is 0 Å². The van der Waals surface area contributed by atoms with Gasteiger partial charge in [0.25, 0.3) is 0 Å². The lowest BCUT2D eigenvalue weighted by molar-refractivity contribution is 0.0600. The summed E-state index contributed by atoms with van der Waals surface area (Å²) >= 11 is 13.7. The van der Waals surface area contributed by atoms with Crippen LogP contribution in [0, 0.1) is 6.92 Å². The Bertz CT molecular complexity index is 976. The molecule has 3 rings (SSSR count). The fourth-order valence-corrected chi connectivity index (χ4v) is 3.97. The van der Waals surface area contributed by atoms with Gasteiger partial charge in [-0.05, 0) is 43.3 Å². The number of esters is 1. The summed E-state index contributed by atoms with van der Waals surface area (Å²) in [6, 6.07) is 9.96. The molecule has 122 valence electrons. The van der Waals surface area contributed by atoms with E-state index >= 15 is 0 Å². The van der Waals surface area contributed by atoms with Gasteiger partial charge in [0.1, 0.15) is 0 Å². The van der Waals surface area contributed by atoms with Crippen molar-refractivity contribution in [3.8, 4) is 0 Å². The van der Waals surface area contributed by atoms with Crippen LogP contribution in [0.25, 0.3) is 10.1 Å². The number of thiophene rings is 1. The van der Waals surface area contributed by atoms with Crippen LogP contribution in [0.4, 0.5) is 0 Å².